The van der Waals surface area contributed by atoms with E-state index in [0.29, 0.717) is 6.54 Å². The Morgan fingerprint density at radius 1 is 1.62 bits per heavy atom. The highest BCUT2D eigenvalue weighted by Gasteiger charge is 2.27. The summed E-state index contributed by atoms with van der Waals surface area (Å²) in [6, 6.07) is 0. The van der Waals surface area contributed by atoms with Crippen molar-refractivity contribution >= 4 is 0 Å². The normalized spacial score (nSPS) is 17.8. The van der Waals surface area contributed by atoms with Crippen LogP contribution in [-0.2, 0) is 5.54 Å². The molecule has 13 heavy (non-hydrogen) atoms. The van der Waals surface area contributed by atoms with Crippen LogP contribution in [0.15, 0.2) is 12.5 Å². The molecule has 0 unspecified atom stereocenters. The van der Waals surface area contributed by atoms with Crippen molar-refractivity contribution in [2.24, 2.45) is 5.73 Å². The van der Waals surface area contributed by atoms with Crippen LogP contribution < -0.4 is 5.73 Å². The van der Waals surface area contributed by atoms with E-state index in [9.17, 15) is 0 Å². The summed E-state index contributed by atoms with van der Waals surface area (Å²) in [7, 11) is 0. The van der Waals surface area contributed by atoms with Gasteiger partial charge in [0.15, 0.2) is 0 Å². The highest BCUT2D eigenvalue weighted by Crippen LogP contribution is 2.39. The highest BCUT2D eigenvalue weighted by atomic mass is 15.1. The topological polar surface area (TPSA) is 43.8 Å². The van der Waals surface area contributed by atoms with Crippen LogP contribution in [0.25, 0.3) is 0 Å². The summed E-state index contributed by atoms with van der Waals surface area (Å²) in [6.45, 7) is 4.91. The number of hydrogen-bond acceptors (Lipinski definition) is 2. The number of rotatable bonds is 3. The van der Waals surface area contributed by atoms with Crippen LogP contribution in [0.2, 0.25) is 0 Å². The van der Waals surface area contributed by atoms with Gasteiger partial charge in [-0.2, -0.15) is 0 Å². The number of aromatic nitrogens is 2. The summed E-state index contributed by atoms with van der Waals surface area (Å²) in [6.07, 6.45) is 6.66. The Morgan fingerprint density at radius 3 is 2.85 bits per heavy atom. The molecule has 1 aliphatic rings. The van der Waals surface area contributed by atoms with Crippen LogP contribution >= 0.6 is 0 Å². The summed E-state index contributed by atoms with van der Waals surface area (Å²) >= 11 is 0. The Labute approximate surface area is 79.0 Å². The summed E-state index contributed by atoms with van der Waals surface area (Å²) in [5, 5.41) is 0. The zero-order valence-electron chi connectivity index (χ0n) is 8.33. The number of nitrogens with zero attached hydrogens (tertiary/aromatic N) is 2. The third-order valence-electron chi connectivity index (χ3n) is 2.80. The van der Waals surface area contributed by atoms with Crippen molar-refractivity contribution in [3.8, 4) is 0 Å². The van der Waals surface area contributed by atoms with Crippen molar-refractivity contribution in [2.75, 3.05) is 6.54 Å². The first-order chi connectivity index (χ1) is 6.13. The summed E-state index contributed by atoms with van der Waals surface area (Å²) in [5.74, 6) is 0.731. The van der Waals surface area contributed by atoms with Crippen LogP contribution in [-0.4, -0.2) is 16.1 Å². The lowest BCUT2D eigenvalue weighted by Gasteiger charge is -2.23. The van der Waals surface area contributed by atoms with Crippen LogP contribution in [0, 0.1) is 0 Å². The van der Waals surface area contributed by atoms with E-state index >= 15 is 0 Å². The Bertz CT molecular complexity index is 297. The molecule has 1 saturated carbocycles. The molecule has 0 spiro atoms. The number of nitrogens with two attached hydrogens (primary N) is 1. The minimum atomic E-state index is 0.000139. The van der Waals surface area contributed by atoms with Crippen molar-refractivity contribution in [3.05, 3.63) is 18.2 Å². The van der Waals surface area contributed by atoms with E-state index in [1.54, 1.807) is 0 Å². The lowest BCUT2D eigenvalue weighted by molar-refractivity contribution is 0.366. The lowest BCUT2D eigenvalue weighted by Crippen LogP contribution is -2.33. The van der Waals surface area contributed by atoms with Crippen LogP contribution in [0.1, 0.15) is 38.3 Å². The summed E-state index contributed by atoms with van der Waals surface area (Å²) in [5.41, 5.74) is 6.93. The predicted octanol–water partition coefficient (Wildman–Crippen LogP) is 1.45. The molecule has 0 aromatic carbocycles. The zero-order chi connectivity index (χ0) is 9.47. The van der Waals surface area contributed by atoms with Crippen LogP contribution in [0.3, 0.4) is 0 Å². The number of imidazole rings is 1. The molecule has 0 saturated heterocycles. The fourth-order valence-corrected chi connectivity index (χ4v) is 1.36. The van der Waals surface area contributed by atoms with Crippen LogP contribution in [0.4, 0.5) is 0 Å². The molecule has 0 atom stereocenters. The molecule has 2 N–H and O–H groups in total. The fourth-order valence-electron chi connectivity index (χ4n) is 1.36. The van der Waals surface area contributed by atoms with Gasteiger partial charge in [0.2, 0.25) is 0 Å². The fraction of sp³-hybridized carbons (Fsp3) is 0.700. The Morgan fingerprint density at radius 2 is 2.31 bits per heavy atom. The van der Waals surface area contributed by atoms with Crippen LogP contribution in [0.5, 0.6) is 0 Å². The molecule has 1 fully saturated rings. The SMILES string of the molecule is CC(C)(CN)n1cnc(C2CC2)c1. The average Bonchev–Trinajstić information content (AvgIpc) is 2.83. The van der Waals surface area contributed by atoms with Crippen molar-refractivity contribution < 1.29 is 0 Å². The second kappa shape index (κ2) is 2.84. The van der Waals surface area contributed by atoms with E-state index in [-0.39, 0.29) is 5.54 Å². The van der Waals surface area contributed by atoms with E-state index in [0.717, 1.165) is 5.92 Å². The van der Waals surface area contributed by atoms with Gasteiger partial charge in [0.05, 0.1) is 17.6 Å². The smallest absolute Gasteiger partial charge is 0.0954 e. The largest absolute Gasteiger partial charge is 0.330 e. The molecule has 1 heterocycles. The van der Waals surface area contributed by atoms with Gasteiger partial charge >= 0.3 is 0 Å². The molecule has 1 aliphatic carbocycles. The Kier molecular flexibility index (Phi) is 1.91. The van der Waals surface area contributed by atoms with Crippen molar-refractivity contribution in [3.63, 3.8) is 0 Å². The Balaban J connectivity index is 2.20. The Hall–Kier alpha value is -0.830. The monoisotopic (exact) mass is 179 g/mol. The van der Waals surface area contributed by atoms with Gasteiger partial charge in [0.25, 0.3) is 0 Å². The maximum Gasteiger partial charge on any atom is 0.0954 e. The molecule has 3 nitrogen and oxygen atoms in total. The van der Waals surface area contributed by atoms with E-state index in [1.165, 1.54) is 18.5 Å². The third-order valence-corrected chi connectivity index (χ3v) is 2.80. The molecule has 0 bridgehead atoms. The third kappa shape index (κ3) is 1.61. The quantitative estimate of drug-likeness (QED) is 0.763. The maximum absolute atomic E-state index is 5.69. The van der Waals surface area contributed by atoms with Gasteiger partial charge in [-0.15, -0.1) is 0 Å². The maximum atomic E-state index is 5.69. The summed E-state index contributed by atoms with van der Waals surface area (Å²) in [4.78, 5) is 4.40. The van der Waals surface area contributed by atoms with Gasteiger partial charge in [-0.1, -0.05) is 0 Å². The number of hydrogen-bond donors (Lipinski definition) is 1. The van der Waals surface area contributed by atoms with Gasteiger partial charge in [-0.05, 0) is 26.7 Å². The second-order valence-corrected chi connectivity index (χ2v) is 4.50. The van der Waals surface area contributed by atoms with E-state index in [1.807, 2.05) is 6.33 Å². The highest BCUT2D eigenvalue weighted by molar-refractivity contribution is 5.12. The van der Waals surface area contributed by atoms with Crippen molar-refractivity contribution in [1.82, 2.24) is 9.55 Å². The first-order valence-electron chi connectivity index (χ1n) is 4.88. The first kappa shape index (κ1) is 8.75. The molecule has 1 aromatic heterocycles. The van der Waals surface area contributed by atoms with Gasteiger partial charge in [-0.3, -0.25) is 0 Å². The molecule has 0 radical (unpaired) electrons. The first-order valence-corrected chi connectivity index (χ1v) is 4.88. The zero-order valence-corrected chi connectivity index (χ0v) is 8.33. The lowest BCUT2D eigenvalue weighted by atomic mass is 10.1. The van der Waals surface area contributed by atoms with Gasteiger partial charge in [0, 0.05) is 18.7 Å². The minimum Gasteiger partial charge on any atom is -0.330 e. The second-order valence-electron chi connectivity index (χ2n) is 4.50. The average molecular weight is 179 g/mol. The minimum absolute atomic E-state index is 0.000139. The van der Waals surface area contributed by atoms with E-state index in [2.05, 4.69) is 29.6 Å². The van der Waals surface area contributed by atoms with Gasteiger partial charge in [0.1, 0.15) is 0 Å². The summed E-state index contributed by atoms with van der Waals surface area (Å²) < 4.78 is 2.13. The standard InChI is InChI=1S/C10H17N3/c1-10(2,6-11)13-5-9(12-7-13)8-3-4-8/h5,7-8H,3-4,6,11H2,1-2H3. The van der Waals surface area contributed by atoms with Gasteiger partial charge < -0.3 is 10.3 Å². The van der Waals surface area contributed by atoms with Crippen molar-refractivity contribution in [2.45, 2.75) is 38.1 Å². The predicted molar refractivity (Wildman–Crippen MR) is 52.6 cm³/mol. The van der Waals surface area contributed by atoms with E-state index in [4.69, 9.17) is 5.73 Å². The molecule has 3 heteroatoms. The van der Waals surface area contributed by atoms with Crippen molar-refractivity contribution in [1.29, 1.82) is 0 Å². The van der Waals surface area contributed by atoms with Gasteiger partial charge in [-0.25, -0.2) is 4.98 Å². The molecular weight excluding hydrogens is 162 g/mol. The molecular formula is C10H17N3. The molecule has 0 amide bonds. The molecule has 72 valence electrons. The molecule has 1 aromatic rings. The molecule has 2 rings (SSSR count). The molecule has 0 aliphatic heterocycles. The van der Waals surface area contributed by atoms with E-state index < -0.39 is 0 Å².